The fraction of sp³-hybridized carbons (Fsp3) is 0.292. The summed E-state index contributed by atoms with van der Waals surface area (Å²) >= 11 is 6.72. The first kappa shape index (κ1) is 26.0. The maximum atomic E-state index is 12.8. The first-order chi connectivity index (χ1) is 17.0. The fourth-order valence-corrected chi connectivity index (χ4v) is 6.18. The molecule has 190 valence electrons. The zero-order valence-corrected chi connectivity index (χ0v) is 22.9. The smallest absolute Gasteiger partial charge is 0.219 e. The monoisotopic (exact) mass is 543 g/mol. The molecule has 2 heterocycles. The van der Waals surface area contributed by atoms with Gasteiger partial charge in [0, 0.05) is 55.0 Å². The molecule has 0 aliphatic heterocycles. The van der Waals surface area contributed by atoms with E-state index in [1.54, 1.807) is 25.4 Å². The predicted molar refractivity (Wildman–Crippen MR) is 151 cm³/mol. The normalized spacial score (nSPS) is 17.9. The van der Waals surface area contributed by atoms with Crippen LogP contribution in [0.1, 0.15) is 32.1 Å². The van der Waals surface area contributed by atoms with Gasteiger partial charge in [-0.2, -0.15) is 0 Å². The number of hydrogen-bond acceptors (Lipinski definition) is 7. The summed E-state index contributed by atoms with van der Waals surface area (Å²) in [6.45, 7) is 5.69. The van der Waals surface area contributed by atoms with Gasteiger partial charge in [-0.05, 0) is 68.9 Å². The number of nitrogens with one attached hydrogen (secondary N) is 3. The summed E-state index contributed by atoms with van der Waals surface area (Å²) in [5, 5.41) is 16.6. The number of rotatable bonds is 7. The number of allylic oxidation sites excluding steroid dienone is 3. The molecule has 36 heavy (non-hydrogen) atoms. The Bertz CT molecular complexity index is 1440. The minimum Gasteiger partial charge on any atom is -0.360 e. The number of hydrogen-bond donors (Lipinski definition) is 4. The third kappa shape index (κ3) is 5.51. The number of thiazole rings is 1. The Hall–Kier alpha value is -3.06. The first-order valence-electron chi connectivity index (χ1n) is 11.3. The highest BCUT2D eigenvalue weighted by molar-refractivity contribution is 7.91. The molecule has 4 rings (SSSR count). The van der Waals surface area contributed by atoms with Gasteiger partial charge in [0.25, 0.3) is 0 Å². The second-order valence-corrected chi connectivity index (χ2v) is 12.5. The summed E-state index contributed by atoms with van der Waals surface area (Å²) in [4.78, 5) is 9.57. The van der Waals surface area contributed by atoms with Gasteiger partial charge < -0.3 is 20.5 Å². The lowest BCUT2D eigenvalue weighted by atomic mass is 9.89. The van der Waals surface area contributed by atoms with Crippen LogP contribution in [0.15, 0.2) is 60.7 Å². The second-order valence-electron chi connectivity index (χ2n) is 9.07. The average Bonchev–Trinajstić information content (AvgIpc) is 3.43. The van der Waals surface area contributed by atoms with Crippen LogP contribution in [0.25, 0.3) is 16.1 Å². The highest BCUT2D eigenvalue weighted by Crippen LogP contribution is 2.43. The van der Waals surface area contributed by atoms with Gasteiger partial charge >= 0.3 is 0 Å². The summed E-state index contributed by atoms with van der Waals surface area (Å²) in [7, 11) is -2.09. The number of nitrogens with zero attached hydrogens (tertiary/aromatic N) is 3. The Morgan fingerprint density at radius 2 is 1.94 bits per heavy atom. The summed E-state index contributed by atoms with van der Waals surface area (Å²) < 4.78 is 26.1. The van der Waals surface area contributed by atoms with E-state index in [4.69, 9.17) is 17.4 Å². The maximum Gasteiger partial charge on any atom is 0.219 e. The molecule has 3 aromatic rings. The van der Waals surface area contributed by atoms with Crippen molar-refractivity contribution >= 4 is 55.9 Å². The van der Waals surface area contributed by atoms with E-state index in [9.17, 15) is 8.42 Å². The number of imidazole rings is 1. The van der Waals surface area contributed by atoms with E-state index in [0.29, 0.717) is 22.3 Å². The Morgan fingerprint density at radius 1 is 1.22 bits per heavy atom. The van der Waals surface area contributed by atoms with Gasteiger partial charge in [0.05, 0.1) is 4.88 Å². The lowest BCUT2D eigenvalue weighted by Gasteiger charge is -2.33. The van der Waals surface area contributed by atoms with Crippen molar-refractivity contribution in [3.63, 3.8) is 0 Å². The van der Waals surface area contributed by atoms with E-state index >= 15 is 0 Å². The molecule has 0 saturated carbocycles. The lowest BCUT2D eigenvalue weighted by Crippen LogP contribution is -2.43. The molecule has 1 unspecified atom stereocenters. The fourth-order valence-electron chi connectivity index (χ4n) is 3.85. The van der Waals surface area contributed by atoms with Crippen LogP contribution >= 0.6 is 23.6 Å². The molecule has 1 aliphatic carbocycles. The van der Waals surface area contributed by atoms with Crippen molar-refractivity contribution in [2.24, 2.45) is 12.2 Å². The quantitative estimate of drug-likeness (QED) is 0.329. The van der Waals surface area contributed by atoms with Gasteiger partial charge in [-0.15, -0.1) is 11.3 Å². The van der Waals surface area contributed by atoms with E-state index in [2.05, 4.69) is 25.9 Å². The van der Waals surface area contributed by atoms with Crippen LogP contribution in [-0.4, -0.2) is 38.9 Å². The van der Waals surface area contributed by atoms with Gasteiger partial charge in [-0.1, -0.05) is 6.08 Å². The zero-order chi connectivity index (χ0) is 26.1. The largest absolute Gasteiger partial charge is 0.360 e. The number of nitrogens with two attached hydrogens (primary N) is 1. The highest BCUT2D eigenvalue weighted by Gasteiger charge is 2.44. The molecule has 12 heteroatoms. The topological polar surface area (TPSA) is 127 Å². The molecule has 1 aliphatic rings. The lowest BCUT2D eigenvalue weighted by molar-refractivity contribution is 0.565. The summed E-state index contributed by atoms with van der Waals surface area (Å²) in [6.07, 6.45) is 9.03. The number of anilines is 2. The van der Waals surface area contributed by atoms with Crippen LogP contribution in [0.4, 0.5) is 11.6 Å². The van der Waals surface area contributed by atoms with E-state index in [1.165, 1.54) is 11.3 Å². The van der Waals surface area contributed by atoms with Crippen LogP contribution in [0.5, 0.6) is 0 Å². The molecular formula is C24H29N7O2S3. The van der Waals surface area contributed by atoms with Gasteiger partial charge in [0.1, 0.15) is 9.75 Å². The summed E-state index contributed by atoms with van der Waals surface area (Å²) in [5.41, 5.74) is 3.11. The summed E-state index contributed by atoms with van der Waals surface area (Å²) in [6, 6.07) is 8.00. The van der Waals surface area contributed by atoms with E-state index in [0.717, 1.165) is 21.1 Å². The molecule has 5 N–H and O–H groups in total. The van der Waals surface area contributed by atoms with Gasteiger partial charge in [0.2, 0.25) is 16.0 Å². The molecule has 0 bridgehead atoms. The minimum atomic E-state index is -3.95. The molecule has 2 aromatic heterocycles. The number of benzene rings is 1. The number of primary sulfonamides is 1. The molecule has 0 fully saturated rings. The molecule has 0 spiro atoms. The van der Waals surface area contributed by atoms with Crippen molar-refractivity contribution < 1.29 is 8.42 Å². The zero-order valence-electron chi connectivity index (χ0n) is 20.4. The molecule has 0 saturated heterocycles. The van der Waals surface area contributed by atoms with Crippen LogP contribution in [0.3, 0.4) is 0 Å². The van der Waals surface area contributed by atoms with Crippen LogP contribution in [0, 0.1) is 0 Å². The molecule has 1 aromatic carbocycles. The predicted octanol–water partition coefficient (Wildman–Crippen LogP) is 4.07. The van der Waals surface area contributed by atoms with E-state index < -0.39 is 14.8 Å². The van der Waals surface area contributed by atoms with Crippen molar-refractivity contribution in [1.82, 2.24) is 19.9 Å². The minimum absolute atomic E-state index is 0.183. The van der Waals surface area contributed by atoms with Crippen molar-refractivity contribution in [3.05, 3.63) is 65.6 Å². The van der Waals surface area contributed by atoms with Gasteiger partial charge in [-0.3, -0.25) is 0 Å². The van der Waals surface area contributed by atoms with Gasteiger partial charge in [-0.25, -0.2) is 23.5 Å². The first-order valence-corrected chi connectivity index (χ1v) is 14.1. The third-order valence-electron chi connectivity index (χ3n) is 5.85. The van der Waals surface area contributed by atoms with E-state index in [-0.39, 0.29) is 12.5 Å². The molecule has 0 amide bonds. The number of sulfonamides is 1. The standard InChI is InChI=1S/C24H29N7O2S3/c1-15(2)28-23(34)30-17-7-5-16(6-8-17)21-27-14-20(35-21)19-10-9-18(13-24(19,3)36(25,32)33)29-22-26-11-12-31(22)4/h5-12,14-15H,13H2,1-4H3,(H,26,29)(H2,25,32,33)(H2,28,30,34). The van der Waals surface area contributed by atoms with Crippen LogP contribution in [-0.2, 0) is 17.1 Å². The number of aryl methyl sites for hydroxylation is 1. The van der Waals surface area contributed by atoms with Crippen LogP contribution in [0.2, 0.25) is 0 Å². The van der Waals surface area contributed by atoms with Crippen molar-refractivity contribution in [2.75, 3.05) is 10.6 Å². The van der Waals surface area contributed by atoms with Crippen LogP contribution < -0.4 is 21.1 Å². The highest BCUT2D eigenvalue weighted by atomic mass is 32.2. The Kier molecular flexibility index (Phi) is 7.32. The van der Waals surface area contributed by atoms with Gasteiger partial charge in [0.15, 0.2) is 5.11 Å². The van der Waals surface area contributed by atoms with Crippen molar-refractivity contribution in [2.45, 2.75) is 38.0 Å². The number of thiocarbonyl (C=S) groups is 1. The Balaban J connectivity index is 1.59. The molecule has 1 atom stereocenters. The molecule has 9 nitrogen and oxygen atoms in total. The Labute approximate surface area is 220 Å². The van der Waals surface area contributed by atoms with Crippen molar-refractivity contribution in [3.8, 4) is 10.6 Å². The molecular weight excluding hydrogens is 515 g/mol. The SMILES string of the molecule is CC(C)NC(=S)Nc1ccc(-c2ncc(C3=CC=C(Nc4nccn4C)CC3(C)S(N)(=O)=O)s2)cc1. The third-order valence-corrected chi connectivity index (χ3v) is 8.77. The molecule has 0 radical (unpaired) electrons. The second kappa shape index (κ2) is 10.1. The average molecular weight is 544 g/mol. The summed E-state index contributed by atoms with van der Waals surface area (Å²) in [5.74, 6) is 0.619. The van der Waals surface area contributed by atoms with Crippen molar-refractivity contribution in [1.29, 1.82) is 0 Å². The number of aromatic nitrogens is 3. The Morgan fingerprint density at radius 3 is 2.56 bits per heavy atom. The maximum absolute atomic E-state index is 12.8. The van der Waals surface area contributed by atoms with E-state index in [1.807, 2.05) is 62.0 Å².